The van der Waals surface area contributed by atoms with Crippen LogP contribution in [0.25, 0.3) is 0 Å². The van der Waals surface area contributed by atoms with Crippen molar-refractivity contribution in [2.24, 2.45) is 0 Å². The van der Waals surface area contributed by atoms with E-state index in [0.717, 1.165) is 44.2 Å². The van der Waals surface area contributed by atoms with Crippen LogP contribution in [0.4, 0.5) is 0 Å². The van der Waals surface area contributed by atoms with Crippen molar-refractivity contribution in [3.63, 3.8) is 0 Å². The summed E-state index contributed by atoms with van der Waals surface area (Å²) in [6.07, 6.45) is 6.51. The van der Waals surface area contributed by atoms with Crippen molar-refractivity contribution in [3.8, 4) is 5.75 Å². The number of para-hydroxylation sites is 1. The molecule has 1 amide bonds. The van der Waals surface area contributed by atoms with Crippen LogP contribution in [-0.4, -0.2) is 56.3 Å². The Labute approximate surface area is 150 Å². The summed E-state index contributed by atoms with van der Waals surface area (Å²) in [5.74, 6) is 0.848. The molecule has 1 N–H and O–H groups in total. The molecule has 25 heavy (non-hydrogen) atoms. The molecule has 138 valence electrons. The topological polar surface area (TPSA) is 50.8 Å². The van der Waals surface area contributed by atoms with Gasteiger partial charge in [-0.25, -0.2) is 0 Å². The molecular weight excluding hydrogens is 316 g/mol. The van der Waals surface area contributed by atoms with Crippen LogP contribution in [0.3, 0.4) is 0 Å². The zero-order valence-electron chi connectivity index (χ0n) is 15.3. The van der Waals surface area contributed by atoms with Crippen LogP contribution in [0, 0.1) is 0 Å². The number of nitrogens with one attached hydrogen (secondary N) is 1. The highest BCUT2D eigenvalue weighted by molar-refractivity contribution is 5.79. The summed E-state index contributed by atoms with van der Waals surface area (Å²) in [5, 5.41) is 3.21. The lowest BCUT2D eigenvalue weighted by Gasteiger charge is -2.48. The van der Waals surface area contributed by atoms with Gasteiger partial charge in [-0.2, -0.15) is 0 Å². The van der Waals surface area contributed by atoms with E-state index in [9.17, 15) is 4.79 Å². The number of methoxy groups -OCH3 is 1. The Morgan fingerprint density at radius 3 is 2.64 bits per heavy atom. The molecule has 0 radical (unpaired) electrons. The summed E-state index contributed by atoms with van der Waals surface area (Å²) in [6.45, 7) is 4.29. The second-order valence-electron chi connectivity index (χ2n) is 7.15. The van der Waals surface area contributed by atoms with E-state index in [1.54, 1.807) is 7.11 Å². The molecule has 1 aromatic carbocycles. The van der Waals surface area contributed by atoms with E-state index in [1.165, 1.54) is 32.1 Å². The Bertz CT molecular complexity index is 564. The molecule has 5 heteroatoms. The molecule has 0 bridgehead atoms. The predicted octanol–water partition coefficient (Wildman–Crippen LogP) is 2.39. The summed E-state index contributed by atoms with van der Waals surface area (Å²) in [4.78, 5) is 15.1. The fourth-order valence-corrected chi connectivity index (χ4v) is 4.20. The molecule has 0 spiro atoms. The van der Waals surface area contributed by atoms with Gasteiger partial charge in [0.2, 0.25) is 5.91 Å². The van der Waals surface area contributed by atoms with Crippen LogP contribution < -0.4 is 10.1 Å². The Hall–Kier alpha value is -1.59. The van der Waals surface area contributed by atoms with Gasteiger partial charge >= 0.3 is 0 Å². The summed E-state index contributed by atoms with van der Waals surface area (Å²) in [6, 6.07) is 7.73. The summed E-state index contributed by atoms with van der Waals surface area (Å²) >= 11 is 0. The van der Waals surface area contributed by atoms with E-state index in [1.807, 2.05) is 24.3 Å². The summed E-state index contributed by atoms with van der Waals surface area (Å²) in [5.41, 5.74) is 1.05. The van der Waals surface area contributed by atoms with Gasteiger partial charge in [0, 0.05) is 30.7 Å². The van der Waals surface area contributed by atoms with Crippen LogP contribution in [0.15, 0.2) is 24.3 Å². The number of ether oxygens (including phenoxy) is 2. The molecular formula is C20H30N2O3. The van der Waals surface area contributed by atoms with Crippen molar-refractivity contribution in [2.75, 3.05) is 40.0 Å². The van der Waals surface area contributed by atoms with Crippen LogP contribution in [0.2, 0.25) is 0 Å². The first-order valence-electron chi connectivity index (χ1n) is 9.45. The standard InChI is InChI=1S/C20H30N2O3/c1-24-18-8-4-3-7-17(18)15-19(23)21-16-20(9-5-2-6-10-20)22-11-13-25-14-12-22/h3-4,7-8H,2,5-6,9-16H2,1H3,(H,21,23). The van der Waals surface area contributed by atoms with E-state index in [-0.39, 0.29) is 11.4 Å². The third-order valence-electron chi connectivity index (χ3n) is 5.62. The number of amides is 1. The molecule has 2 fully saturated rings. The zero-order chi connectivity index (χ0) is 17.5. The number of morpholine rings is 1. The third kappa shape index (κ3) is 4.53. The average Bonchev–Trinajstić information content (AvgIpc) is 2.68. The largest absolute Gasteiger partial charge is 0.496 e. The van der Waals surface area contributed by atoms with Crippen molar-refractivity contribution in [2.45, 2.75) is 44.1 Å². The number of hydrogen-bond acceptors (Lipinski definition) is 4. The monoisotopic (exact) mass is 346 g/mol. The van der Waals surface area contributed by atoms with Crippen LogP contribution in [0.1, 0.15) is 37.7 Å². The van der Waals surface area contributed by atoms with Crippen LogP contribution in [-0.2, 0) is 16.0 Å². The molecule has 1 aromatic rings. The highest BCUT2D eigenvalue weighted by Gasteiger charge is 2.38. The molecule has 5 nitrogen and oxygen atoms in total. The van der Waals surface area contributed by atoms with Crippen molar-refractivity contribution >= 4 is 5.91 Å². The van der Waals surface area contributed by atoms with Crippen LogP contribution in [0.5, 0.6) is 5.75 Å². The van der Waals surface area contributed by atoms with Gasteiger partial charge in [-0.15, -0.1) is 0 Å². The van der Waals surface area contributed by atoms with Gasteiger partial charge in [-0.05, 0) is 18.9 Å². The summed E-state index contributed by atoms with van der Waals surface area (Å²) < 4.78 is 10.9. The zero-order valence-corrected chi connectivity index (χ0v) is 15.3. The second-order valence-corrected chi connectivity index (χ2v) is 7.15. The number of nitrogens with zero attached hydrogens (tertiary/aromatic N) is 1. The minimum atomic E-state index is 0.0720. The highest BCUT2D eigenvalue weighted by atomic mass is 16.5. The van der Waals surface area contributed by atoms with Crippen LogP contribution >= 0.6 is 0 Å². The molecule has 1 heterocycles. The number of hydrogen-bond donors (Lipinski definition) is 1. The fourth-order valence-electron chi connectivity index (χ4n) is 4.20. The number of benzene rings is 1. The quantitative estimate of drug-likeness (QED) is 0.859. The molecule has 2 aliphatic rings. The molecule has 0 unspecified atom stereocenters. The number of rotatable bonds is 6. The fraction of sp³-hybridized carbons (Fsp3) is 0.650. The van der Waals surface area contributed by atoms with Crippen molar-refractivity contribution in [3.05, 3.63) is 29.8 Å². The Morgan fingerprint density at radius 1 is 1.20 bits per heavy atom. The van der Waals surface area contributed by atoms with Crippen molar-refractivity contribution < 1.29 is 14.3 Å². The van der Waals surface area contributed by atoms with Gasteiger partial charge in [-0.1, -0.05) is 37.5 Å². The van der Waals surface area contributed by atoms with Crippen molar-refractivity contribution in [1.82, 2.24) is 10.2 Å². The highest BCUT2D eigenvalue weighted by Crippen LogP contribution is 2.34. The maximum atomic E-state index is 12.5. The Kier molecular flexibility index (Phi) is 6.32. The lowest BCUT2D eigenvalue weighted by molar-refractivity contribution is -0.121. The maximum Gasteiger partial charge on any atom is 0.224 e. The van der Waals surface area contributed by atoms with Gasteiger partial charge in [0.25, 0.3) is 0 Å². The number of carbonyl (C=O) groups excluding carboxylic acids is 1. The first kappa shape index (κ1) is 18.2. The Morgan fingerprint density at radius 2 is 1.92 bits per heavy atom. The minimum absolute atomic E-state index is 0.0720. The molecule has 3 rings (SSSR count). The lowest BCUT2D eigenvalue weighted by Crippen LogP contribution is -2.59. The van der Waals surface area contributed by atoms with Gasteiger partial charge in [0.15, 0.2) is 0 Å². The van der Waals surface area contributed by atoms with Gasteiger partial charge in [0.05, 0.1) is 26.7 Å². The molecule has 0 aromatic heterocycles. The minimum Gasteiger partial charge on any atom is -0.496 e. The third-order valence-corrected chi connectivity index (χ3v) is 5.62. The molecule has 1 aliphatic heterocycles. The Balaban J connectivity index is 1.61. The van der Waals surface area contributed by atoms with E-state index in [4.69, 9.17) is 9.47 Å². The average molecular weight is 346 g/mol. The summed E-state index contributed by atoms with van der Waals surface area (Å²) in [7, 11) is 1.65. The lowest BCUT2D eigenvalue weighted by atomic mass is 9.79. The predicted molar refractivity (Wildman–Crippen MR) is 97.9 cm³/mol. The smallest absolute Gasteiger partial charge is 0.224 e. The van der Waals surface area contributed by atoms with Gasteiger partial charge in [-0.3, -0.25) is 9.69 Å². The number of carbonyl (C=O) groups is 1. The van der Waals surface area contributed by atoms with Gasteiger partial charge in [0.1, 0.15) is 5.75 Å². The van der Waals surface area contributed by atoms with E-state index in [2.05, 4.69) is 10.2 Å². The SMILES string of the molecule is COc1ccccc1CC(=O)NCC1(N2CCOCC2)CCCCC1. The van der Waals surface area contributed by atoms with Gasteiger partial charge < -0.3 is 14.8 Å². The normalized spacial score (nSPS) is 20.8. The molecule has 1 saturated heterocycles. The first-order valence-corrected chi connectivity index (χ1v) is 9.45. The first-order chi connectivity index (χ1) is 12.2. The second kappa shape index (κ2) is 8.68. The molecule has 1 aliphatic carbocycles. The van der Waals surface area contributed by atoms with E-state index >= 15 is 0 Å². The van der Waals surface area contributed by atoms with E-state index in [0.29, 0.717) is 6.42 Å². The molecule has 1 saturated carbocycles. The van der Waals surface area contributed by atoms with E-state index < -0.39 is 0 Å². The maximum absolute atomic E-state index is 12.5. The van der Waals surface area contributed by atoms with Crippen molar-refractivity contribution in [1.29, 1.82) is 0 Å². The molecule has 0 atom stereocenters.